The van der Waals surface area contributed by atoms with E-state index in [0.29, 0.717) is 17.2 Å². The molecule has 2 nitrogen and oxygen atoms in total. The predicted octanol–water partition coefficient (Wildman–Crippen LogP) is 2.49. The van der Waals surface area contributed by atoms with Gasteiger partial charge in [-0.05, 0) is 12.8 Å². The Labute approximate surface area is 93.1 Å². The van der Waals surface area contributed by atoms with Crippen LogP contribution in [0.4, 0.5) is 0 Å². The summed E-state index contributed by atoms with van der Waals surface area (Å²) in [5, 5.41) is 6.17. The molecule has 1 saturated heterocycles. The number of hydrogen-bond acceptors (Lipinski definition) is 2. The number of thioether (sulfide) groups is 1. The van der Waals surface area contributed by atoms with E-state index in [9.17, 15) is 0 Å². The summed E-state index contributed by atoms with van der Waals surface area (Å²) in [4.78, 5) is 4.52. The molecule has 0 radical (unpaired) electrons. The minimum absolute atomic E-state index is 0.537. The third-order valence-electron chi connectivity index (χ3n) is 1.92. The summed E-state index contributed by atoms with van der Waals surface area (Å²) >= 11 is 5.36. The largest absolute Gasteiger partial charge is 0.361 e. The van der Waals surface area contributed by atoms with Crippen molar-refractivity contribution < 1.29 is 0 Å². The van der Waals surface area contributed by atoms with Crippen LogP contribution in [-0.2, 0) is 0 Å². The van der Waals surface area contributed by atoms with Crippen molar-refractivity contribution in [1.29, 1.82) is 0 Å². The second kappa shape index (κ2) is 5.25. The molecular weight excluding hydrogens is 248 g/mol. The van der Waals surface area contributed by atoms with Gasteiger partial charge in [0.2, 0.25) is 0 Å². The molecule has 1 heterocycles. The Balaban J connectivity index is 2.43. The topological polar surface area (TPSA) is 24.4 Å². The van der Waals surface area contributed by atoms with Gasteiger partial charge in [-0.15, -0.1) is 0 Å². The molecule has 76 valence electrons. The molecular formula is C9H17BrN2S. The molecule has 0 aromatic rings. The lowest BCUT2D eigenvalue weighted by Crippen LogP contribution is -2.28. The first-order valence-electron chi connectivity index (χ1n) is 4.67. The molecule has 1 fully saturated rings. The number of halogens is 1. The third-order valence-corrected chi connectivity index (χ3v) is 4.40. The number of rotatable bonds is 3. The second-order valence-electron chi connectivity index (χ2n) is 3.78. The van der Waals surface area contributed by atoms with Gasteiger partial charge in [-0.3, -0.25) is 4.99 Å². The summed E-state index contributed by atoms with van der Waals surface area (Å²) in [6, 6.07) is 0.537. The molecule has 13 heavy (non-hydrogen) atoms. The summed E-state index contributed by atoms with van der Waals surface area (Å²) in [6.45, 7) is 7.51. The number of hydrogen-bond donors (Lipinski definition) is 1. The first-order valence-corrected chi connectivity index (χ1v) is 6.67. The molecule has 2 atom stereocenters. The van der Waals surface area contributed by atoms with Crippen LogP contribution in [0.3, 0.4) is 0 Å². The highest BCUT2D eigenvalue weighted by atomic mass is 79.9. The van der Waals surface area contributed by atoms with Gasteiger partial charge in [0.05, 0.1) is 0 Å². The van der Waals surface area contributed by atoms with Crippen LogP contribution >= 0.6 is 27.7 Å². The highest BCUT2D eigenvalue weighted by Gasteiger charge is 2.27. The smallest absolute Gasteiger partial charge is 0.157 e. The van der Waals surface area contributed by atoms with Crippen LogP contribution in [0.15, 0.2) is 4.99 Å². The molecule has 0 aliphatic carbocycles. The van der Waals surface area contributed by atoms with Crippen molar-refractivity contribution in [2.24, 2.45) is 10.9 Å². The average molecular weight is 265 g/mol. The van der Waals surface area contributed by atoms with Crippen molar-refractivity contribution >= 4 is 32.9 Å². The average Bonchev–Trinajstić information content (AvgIpc) is 2.43. The van der Waals surface area contributed by atoms with E-state index in [4.69, 9.17) is 0 Å². The van der Waals surface area contributed by atoms with Crippen LogP contribution in [0.5, 0.6) is 0 Å². The predicted molar refractivity (Wildman–Crippen MR) is 64.9 cm³/mol. The quantitative estimate of drug-likeness (QED) is 0.793. The zero-order valence-electron chi connectivity index (χ0n) is 8.38. The van der Waals surface area contributed by atoms with Gasteiger partial charge in [-0.2, -0.15) is 0 Å². The van der Waals surface area contributed by atoms with E-state index in [2.05, 4.69) is 47.0 Å². The van der Waals surface area contributed by atoms with E-state index < -0.39 is 0 Å². The molecule has 1 aliphatic rings. The third kappa shape index (κ3) is 3.50. The molecule has 0 aromatic carbocycles. The first kappa shape index (κ1) is 11.4. The molecule has 4 heteroatoms. The van der Waals surface area contributed by atoms with E-state index in [-0.39, 0.29) is 0 Å². The summed E-state index contributed by atoms with van der Waals surface area (Å²) in [5.74, 6) is 0.647. The molecule has 1 rings (SSSR count). The standard InChI is InChI=1S/C9H17BrN2S/c1-6(2)5-11-9-12-7(3)8(4-10)13-9/h6-8H,4-5H2,1-3H3,(H,11,12). The fourth-order valence-corrected chi connectivity index (χ4v) is 3.06. The Kier molecular flexibility index (Phi) is 4.59. The number of nitrogens with zero attached hydrogens (tertiary/aromatic N) is 1. The van der Waals surface area contributed by atoms with Crippen LogP contribution in [-0.4, -0.2) is 28.3 Å². The molecule has 1 N–H and O–H groups in total. The highest BCUT2D eigenvalue weighted by Crippen LogP contribution is 2.24. The lowest BCUT2D eigenvalue weighted by Gasteiger charge is -2.07. The van der Waals surface area contributed by atoms with Gasteiger partial charge < -0.3 is 5.32 Å². The van der Waals surface area contributed by atoms with E-state index in [0.717, 1.165) is 17.0 Å². The fourth-order valence-electron chi connectivity index (χ4n) is 1.08. The van der Waals surface area contributed by atoms with E-state index in [1.807, 2.05) is 11.8 Å². The monoisotopic (exact) mass is 264 g/mol. The second-order valence-corrected chi connectivity index (χ2v) is 5.66. The molecule has 2 unspecified atom stereocenters. The summed E-state index contributed by atoms with van der Waals surface area (Å²) in [6.07, 6.45) is 0. The Bertz CT molecular complexity index is 194. The van der Waals surface area contributed by atoms with Crippen molar-refractivity contribution in [2.75, 3.05) is 11.9 Å². The lowest BCUT2D eigenvalue weighted by atomic mass is 10.2. The summed E-state index contributed by atoms with van der Waals surface area (Å²) in [5.41, 5.74) is 0. The van der Waals surface area contributed by atoms with Crippen molar-refractivity contribution in [3.63, 3.8) is 0 Å². The van der Waals surface area contributed by atoms with Crippen LogP contribution in [0, 0.1) is 5.92 Å². The minimum Gasteiger partial charge on any atom is -0.361 e. The van der Waals surface area contributed by atoms with Gasteiger partial charge in [0.1, 0.15) is 0 Å². The maximum Gasteiger partial charge on any atom is 0.157 e. The van der Waals surface area contributed by atoms with E-state index in [1.165, 1.54) is 0 Å². The van der Waals surface area contributed by atoms with Crippen molar-refractivity contribution in [1.82, 2.24) is 5.32 Å². The summed E-state index contributed by atoms with van der Waals surface area (Å²) in [7, 11) is 0. The van der Waals surface area contributed by atoms with E-state index in [1.54, 1.807) is 0 Å². The molecule has 0 aromatic heterocycles. The highest BCUT2D eigenvalue weighted by molar-refractivity contribution is 9.09. The van der Waals surface area contributed by atoms with Crippen LogP contribution in [0.1, 0.15) is 20.8 Å². The number of nitrogens with one attached hydrogen (secondary N) is 1. The zero-order chi connectivity index (χ0) is 9.84. The molecule has 0 bridgehead atoms. The van der Waals surface area contributed by atoms with Gasteiger partial charge >= 0.3 is 0 Å². The van der Waals surface area contributed by atoms with Crippen LogP contribution < -0.4 is 5.32 Å². The van der Waals surface area contributed by atoms with Gasteiger partial charge in [-0.1, -0.05) is 41.5 Å². The number of amidine groups is 1. The Morgan fingerprint density at radius 3 is 2.77 bits per heavy atom. The van der Waals surface area contributed by atoms with Crippen LogP contribution in [0.25, 0.3) is 0 Å². The first-order chi connectivity index (χ1) is 6.13. The Morgan fingerprint density at radius 2 is 2.31 bits per heavy atom. The van der Waals surface area contributed by atoms with Gasteiger partial charge in [0.25, 0.3) is 0 Å². The lowest BCUT2D eigenvalue weighted by molar-refractivity contribution is 0.654. The fraction of sp³-hybridized carbons (Fsp3) is 0.889. The zero-order valence-corrected chi connectivity index (χ0v) is 10.8. The molecule has 0 amide bonds. The molecule has 1 aliphatic heterocycles. The maximum atomic E-state index is 4.52. The number of aliphatic imine (C=N–C) groups is 1. The van der Waals surface area contributed by atoms with E-state index >= 15 is 0 Å². The van der Waals surface area contributed by atoms with Crippen molar-refractivity contribution in [3.8, 4) is 0 Å². The van der Waals surface area contributed by atoms with Crippen molar-refractivity contribution in [3.05, 3.63) is 0 Å². The number of alkyl halides is 1. The van der Waals surface area contributed by atoms with Crippen LogP contribution in [0.2, 0.25) is 0 Å². The Morgan fingerprint density at radius 1 is 1.62 bits per heavy atom. The SMILES string of the molecule is CC(C)CN=C1NC(C)C(CBr)S1. The van der Waals surface area contributed by atoms with Gasteiger partial charge in [-0.25, -0.2) is 0 Å². The minimum atomic E-state index is 0.537. The maximum absolute atomic E-state index is 4.52. The van der Waals surface area contributed by atoms with Gasteiger partial charge in [0.15, 0.2) is 5.17 Å². The summed E-state index contributed by atoms with van der Waals surface area (Å²) < 4.78 is 0. The Hall–Kier alpha value is 0.300. The van der Waals surface area contributed by atoms with Gasteiger partial charge in [0, 0.05) is 23.2 Å². The molecule has 0 saturated carbocycles. The van der Waals surface area contributed by atoms with Crippen molar-refractivity contribution in [2.45, 2.75) is 32.1 Å². The normalized spacial score (nSPS) is 31.3. The molecule has 0 spiro atoms.